The maximum absolute atomic E-state index is 11.5. The highest BCUT2D eigenvalue weighted by molar-refractivity contribution is 5.93. The third-order valence-corrected chi connectivity index (χ3v) is 7.27. The van der Waals surface area contributed by atoms with Gasteiger partial charge in [-0.05, 0) is 60.2 Å². The van der Waals surface area contributed by atoms with Gasteiger partial charge in [-0.25, -0.2) is 0 Å². The molecule has 0 aliphatic carbocycles. The third-order valence-electron chi connectivity index (χ3n) is 7.27. The van der Waals surface area contributed by atoms with Crippen molar-refractivity contribution >= 4 is 17.6 Å². The smallest absolute Gasteiger partial charge is 0.318 e. The molecular weight excluding hydrogens is 474 g/mol. The van der Waals surface area contributed by atoms with Crippen LogP contribution in [0.3, 0.4) is 0 Å². The van der Waals surface area contributed by atoms with Crippen molar-refractivity contribution in [3.05, 3.63) is 137 Å². The molecular formula is C33H33NO4. The quantitative estimate of drug-likeness (QED) is 0.186. The molecule has 0 spiro atoms. The molecule has 0 aromatic heterocycles. The fourth-order valence-electron chi connectivity index (χ4n) is 5.29. The molecule has 0 amide bonds. The summed E-state index contributed by atoms with van der Waals surface area (Å²) in [5, 5.41) is 18.7. The first-order valence-corrected chi connectivity index (χ1v) is 12.9. The Kier molecular flexibility index (Phi) is 8.27. The molecule has 4 aromatic rings. The van der Waals surface area contributed by atoms with Crippen LogP contribution in [-0.4, -0.2) is 35.2 Å². The lowest BCUT2D eigenvalue weighted by Crippen LogP contribution is -2.31. The minimum Gasteiger partial charge on any atom is -0.481 e. The summed E-state index contributed by atoms with van der Waals surface area (Å²) in [6, 6.07) is 37.1. The van der Waals surface area contributed by atoms with Crippen LogP contribution in [0.5, 0.6) is 0 Å². The lowest BCUT2D eigenvalue weighted by molar-refractivity contribution is -0.154. The van der Waals surface area contributed by atoms with Crippen molar-refractivity contribution in [3.63, 3.8) is 0 Å². The predicted octanol–water partition coefficient (Wildman–Crippen LogP) is 6.24. The maximum atomic E-state index is 11.5. The van der Waals surface area contributed by atoms with E-state index in [1.807, 2.05) is 60.7 Å². The number of anilines is 1. The molecule has 0 heterocycles. The van der Waals surface area contributed by atoms with Crippen LogP contribution in [0.25, 0.3) is 0 Å². The Labute approximate surface area is 224 Å². The van der Waals surface area contributed by atoms with Crippen molar-refractivity contribution in [2.45, 2.75) is 25.7 Å². The summed E-state index contributed by atoms with van der Waals surface area (Å²) in [4.78, 5) is 25.2. The first-order valence-electron chi connectivity index (χ1n) is 12.9. The van der Waals surface area contributed by atoms with Gasteiger partial charge in [-0.1, -0.05) is 97.1 Å². The molecule has 4 rings (SSSR count). The number of nitrogens with zero attached hydrogens (tertiary/aromatic N) is 1. The van der Waals surface area contributed by atoms with Crippen LogP contribution in [0.4, 0.5) is 5.69 Å². The number of rotatable bonds is 11. The Morgan fingerprint density at radius 1 is 0.632 bits per heavy atom. The van der Waals surface area contributed by atoms with E-state index < -0.39 is 23.3 Å². The summed E-state index contributed by atoms with van der Waals surface area (Å²) < 4.78 is 0. The van der Waals surface area contributed by atoms with Crippen molar-refractivity contribution in [3.8, 4) is 0 Å². The lowest BCUT2D eigenvalue weighted by atomic mass is 9.65. The normalized spacial score (nSPS) is 11.3. The van der Waals surface area contributed by atoms with Gasteiger partial charge in [0.25, 0.3) is 0 Å². The highest BCUT2D eigenvalue weighted by atomic mass is 16.4. The van der Waals surface area contributed by atoms with Gasteiger partial charge in [-0.15, -0.1) is 0 Å². The molecule has 5 heteroatoms. The zero-order valence-corrected chi connectivity index (χ0v) is 21.7. The minimum absolute atomic E-state index is 0.0762. The van der Waals surface area contributed by atoms with Crippen LogP contribution in [-0.2, 0) is 21.4 Å². The molecule has 4 aromatic carbocycles. The van der Waals surface area contributed by atoms with E-state index in [0.717, 1.165) is 41.0 Å². The number of hydrogen-bond acceptors (Lipinski definition) is 3. The van der Waals surface area contributed by atoms with Gasteiger partial charge in [0.1, 0.15) is 0 Å². The van der Waals surface area contributed by atoms with E-state index in [-0.39, 0.29) is 6.42 Å². The molecule has 0 unspecified atom stereocenters. The maximum Gasteiger partial charge on any atom is 0.318 e. The van der Waals surface area contributed by atoms with Crippen molar-refractivity contribution in [2.75, 3.05) is 18.0 Å². The van der Waals surface area contributed by atoms with E-state index in [2.05, 4.69) is 67.3 Å². The predicted molar refractivity (Wildman–Crippen MR) is 151 cm³/mol. The van der Waals surface area contributed by atoms with E-state index in [1.165, 1.54) is 0 Å². The molecule has 0 radical (unpaired) electrons. The zero-order chi connectivity index (χ0) is 27.1. The molecule has 0 aliphatic heterocycles. The van der Waals surface area contributed by atoms with Crippen LogP contribution in [0.15, 0.2) is 109 Å². The third kappa shape index (κ3) is 5.18. The van der Waals surface area contributed by atoms with Gasteiger partial charge in [0.05, 0.1) is 5.41 Å². The Hall–Kier alpha value is -4.38. The second kappa shape index (κ2) is 11.8. The monoisotopic (exact) mass is 507 g/mol. The Morgan fingerprint density at radius 2 is 1.03 bits per heavy atom. The van der Waals surface area contributed by atoms with Crippen LogP contribution >= 0.6 is 0 Å². The Balaban J connectivity index is 1.91. The van der Waals surface area contributed by atoms with E-state index in [9.17, 15) is 19.8 Å². The van der Waals surface area contributed by atoms with Gasteiger partial charge in [-0.2, -0.15) is 0 Å². The number of carbonyl (C=O) groups is 2. The molecule has 0 aliphatic rings. The van der Waals surface area contributed by atoms with Crippen molar-refractivity contribution < 1.29 is 19.8 Å². The molecule has 38 heavy (non-hydrogen) atoms. The average Bonchev–Trinajstić information content (AvgIpc) is 2.95. The number of benzene rings is 4. The molecule has 2 N–H and O–H groups in total. The molecule has 194 valence electrons. The molecule has 0 bridgehead atoms. The van der Waals surface area contributed by atoms with Gasteiger partial charge in [0.15, 0.2) is 5.92 Å². The number of hydrogen-bond donors (Lipinski definition) is 2. The molecule has 0 saturated heterocycles. The second-order valence-electron chi connectivity index (χ2n) is 9.33. The van der Waals surface area contributed by atoms with Gasteiger partial charge in [0.2, 0.25) is 0 Å². The van der Waals surface area contributed by atoms with Gasteiger partial charge < -0.3 is 15.1 Å². The van der Waals surface area contributed by atoms with E-state index in [0.29, 0.717) is 5.56 Å². The minimum atomic E-state index is -1.48. The fraction of sp³-hybridized carbons (Fsp3) is 0.212. The largest absolute Gasteiger partial charge is 0.481 e. The lowest BCUT2D eigenvalue weighted by Gasteiger charge is -2.37. The average molecular weight is 508 g/mol. The molecule has 5 nitrogen and oxygen atoms in total. The number of carboxylic acids is 2. The topological polar surface area (TPSA) is 77.8 Å². The van der Waals surface area contributed by atoms with Gasteiger partial charge >= 0.3 is 11.9 Å². The SMILES string of the molecule is CCN(CC)c1ccc(C(c2ccccc2)(c2ccccc2)c2ccc(CC(C(=O)O)C(=O)O)cc2)cc1. The van der Waals surface area contributed by atoms with Gasteiger partial charge in [0, 0.05) is 18.8 Å². The molecule has 0 fully saturated rings. The molecule has 0 saturated carbocycles. The summed E-state index contributed by atoms with van der Waals surface area (Å²) in [5.74, 6) is -4.16. The Morgan fingerprint density at radius 3 is 1.42 bits per heavy atom. The number of carboxylic acid groups (broad SMARTS) is 2. The van der Waals surface area contributed by atoms with Crippen molar-refractivity contribution in [2.24, 2.45) is 5.92 Å². The van der Waals surface area contributed by atoms with Crippen LogP contribution in [0, 0.1) is 5.92 Å². The summed E-state index contributed by atoms with van der Waals surface area (Å²) >= 11 is 0. The van der Waals surface area contributed by atoms with Crippen LogP contribution in [0.2, 0.25) is 0 Å². The standard InChI is InChI=1S/C33H33NO4/c1-3-34(4-2)29-21-19-28(20-22-29)33(25-11-7-5-8-12-25,26-13-9-6-10-14-26)27-17-15-24(16-18-27)23-30(31(35)36)32(37)38/h5-22,30H,3-4,23H2,1-2H3,(H,35,36)(H,37,38). The second-order valence-corrected chi connectivity index (χ2v) is 9.33. The van der Waals surface area contributed by atoms with Crippen molar-refractivity contribution in [1.29, 1.82) is 0 Å². The fourth-order valence-corrected chi connectivity index (χ4v) is 5.29. The van der Waals surface area contributed by atoms with E-state index in [4.69, 9.17) is 0 Å². The number of aliphatic carboxylic acids is 2. The van der Waals surface area contributed by atoms with Gasteiger partial charge in [-0.3, -0.25) is 9.59 Å². The van der Waals surface area contributed by atoms with Crippen molar-refractivity contribution in [1.82, 2.24) is 0 Å². The first-order chi connectivity index (χ1) is 18.4. The summed E-state index contributed by atoms with van der Waals surface area (Å²) in [5.41, 5.74) is 5.51. The summed E-state index contributed by atoms with van der Waals surface area (Å²) in [6.45, 7) is 6.15. The van der Waals surface area contributed by atoms with E-state index >= 15 is 0 Å². The van der Waals surface area contributed by atoms with E-state index in [1.54, 1.807) is 0 Å². The first kappa shape index (κ1) is 26.7. The van der Waals surface area contributed by atoms with Crippen LogP contribution < -0.4 is 4.90 Å². The molecule has 0 atom stereocenters. The highest BCUT2D eigenvalue weighted by Gasteiger charge is 2.38. The summed E-state index contributed by atoms with van der Waals surface area (Å²) in [7, 11) is 0. The Bertz CT molecular complexity index is 1290. The zero-order valence-electron chi connectivity index (χ0n) is 21.7. The highest BCUT2D eigenvalue weighted by Crippen LogP contribution is 2.45. The van der Waals surface area contributed by atoms with Crippen LogP contribution in [0.1, 0.15) is 41.7 Å². The summed E-state index contributed by atoms with van der Waals surface area (Å²) in [6.07, 6.45) is -0.0762.